The lowest BCUT2D eigenvalue weighted by molar-refractivity contribution is -0.140. The smallest absolute Gasteiger partial charge is 0.407 e. The van der Waals surface area contributed by atoms with E-state index in [0.29, 0.717) is 0 Å². The van der Waals surface area contributed by atoms with Crippen molar-refractivity contribution in [3.63, 3.8) is 0 Å². The Hall–Kier alpha value is -2.47. The predicted molar refractivity (Wildman–Crippen MR) is 107 cm³/mol. The van der Waals surface area contributed by atoms with Gasteiger partial charge in [-0.05, 0) is 42.4 Å². The van der Waals surface area contributed by atoms with Crippen LogP contribution < -0.4 is 5.32 Å². The van der Waals surface area contributed by atoms with E-state index in [4.69, 9.17) is 4.74 Å². The molecule has 0 fully saturated rings. The first-order chi connectivity index (χ1) is 12.8. The van der Waals surface area contributed by atoms with E-state index in [1.807, 2.05) is 42.7 Å². The van der Waals surface area contributed by atoms with Crippen molar-refractivity contribution in [2.24, 2.45) is 0 Å². The SMILES string of the molecule is CSC(C)(C)C(NC(=O)OCC1c2ccccc2-c2ccccc21)C(=O)O. The Labute approximate surface area is 163 Å². The standard InChI is InChI=1S/C21H23NO4S/c1-21(2,27-3)18(19(23)24)22-20(25)26-12-17-15-10-6-4-8-13(15)14-9-5-7-11-16(14)17/h4-11,17-18H,12H2,1-3H3,(H,22,25)(H,23,24). The van der Waals surface area contributed by atoms with Crippen LogP contribution in [0.3, 0.4) is 0 Å². The summed E-state index contributed by atoms with van der Waals surface area (Å²) in [6.07, 6.45) is 1.10. The van der Waals surface area contributed by atoms with Crippen LogP contribution in [-0.4, -0.2) is 40.8 Å². The second kappa shape index (κ2) is 7.64. The average molecular weight is 385 g/mol. The Bertz CT molecular complexity index is 819. The Morgan fingerprint density at radius 3 is 2.11 bits per heavy atom. The third-order valence-corrected chi connectivity index (χ3v) is 6.36. The van der Waals surface area contributed by atoms with Gasteiger partial charge in [-0.2, -0.15) is 11.8 Å². The van der Waals surface area contributed by atoms with Gasteiger partial charge in [-0.25, -0.2) is 9.59 Å². The molecule has 0 heterocycles. The van der Waals surface area contributed by atoms with Gasteiger partial charge in [0.05, 0.1) is 0 Å². The molecule has 0 aliphatic heterocycles. The molecule has 2 aromatic rings. The number of aliphatic carboxylic acids is 1. The minimum Gasteiger partial charge on any atom is -0.480 e. The number of carbonyl (C=O) groups is 2. The van der Waals surface area contributed by atoms with Crippen molar-refractivity contribution in [1.82, 2.24) is 5.32 Å². The van der Waals surface area contributed by atoms with E-state index in [1.54, 1.807) is 13.8 Å². The van der Waals surface area contributed by atoms with Gasteiger partial charge in [-0.1, -0.05) is 48.5 Å². The summed E-state index contributed by atoms with van der Waals surface area (Å²) < 4.78 is 4.78. The molecule has 0 saturated heterocycles. The average Bonchev–Trinajstić information content (AvgIpc) is 2.98. The number of benzene rings is 2. The van der Waals surface area contributed by atoms with Gasteiger partial charge < -0.3 is 15.2 Å². The molecular weight excluding hydrogens is 362 g/mol. The first-order valence-corrected chi connectivity index (χ1v) is 9.97. The molecule has 5 nitrogen and oxygen atoms in total. The summed E-state index contributed by atoms with van der Waals surface area (Å²) in [6.45, 7) is 3.71. The zero-order valence-corrected chi connectivity index (χ0v) is 16.4. The number of amides is 1. The van der Waals surface area contributed by atoms with Crippen LogP contribution >= 0.6 is 11.8 Å². The molecule has 1 aliphatic rings. The fourth-order valence-electron chi connectivity index (χ4n) is 3.41. The second-order valence-electron chi connectivity index (χ2n) is 7.05. The highest BCUT2D eigenvalue weighted by Gasteiger charge is 2.37. The number of ether oxygens (including phenoxy) is 1. The number of rotatable bonds is 6. The number of nitrogens with one attached hydrogen (secondary N) is 1. The Morgan fingerprint density at radius 2 is 1.63 bits per heavy atom. The second-order valence-corrected chi connectivity index (χ2v) is 8.51. The number of hydrogen-bond donors (Lipinski definition) is 2. The molecule has 0 bridgehead atoms. The molecule has 0 saturated carbocycles. The Morgan fingerprint density at radius 1 is 1.11 bits per heavy atom. The summed E-state index contributed by atoms with van der Waals surface area (Å²) >= 11 is 1.38. The van der Waals surface area contributed by atoms with Gasteiger partial charge in [0.25, 0.3) is 0 Å². The third kappa shape index (κ3) is 3.81. The molecule has 6 heteroatoms. The topological polar surface area (TPSA) is 75.6 Å². The number of carboxylic acid groups (broad SMARTS) is 1. The maximum absolute atomic E-state index is 12.3. The van der Waals surface area contributed by atoms with Gasteiger partial charge in [-0.3, -0.25) is 0 Å². The van der Waals surface area contributed by atoms with E-state index in [2.05, 4.69) is 17.4 Å². The number of hydrogen-bond acceptors (Lipinski definition) is 4. The molecule has 142 valence electrons. The van der Waals surface area contributed by atoms with E-state index in [9.17, 15) is 14.7 Å². The number of carboxylic acids is 1. The summed E-state index contributed by atoms with van der Waals surface area (Å²) in [5.74, 6) is -1.14. The van der Waals surface area contributed by atoms with Crippen molar-refractivity contribution in [2.45, 2.75) is 30.6 Å². The first kappa shape index (κ1) is 19.3. The van der Waals surface area contributed by atoms with Crippen LogP contribution in [0.2, 0.25) is 0 Å². The monoisotopic (exact) mass is 385 g/mol. The zero-order valence-electron chi connectivity index (χ0n) is 15.6. The molecule has 1 atom stereocenters. The predicted octanol–water partition coefficient (Wildman–Crippen LogP) is 4.12. The van der Waals surface area contributed by atoms with Crippen molar-refractivity contribution >= 4 is 23.8 Å². The number of fused-ring (bicyclic) bond motifs is 3. The van der Waals surface area contributed by atoms with Crippen molar-refractivity contribution in [3.05, 3.63) is 59.7 Å². The summed E-state index contributed by atoms with van der Waals surface area (Å²) in [5, 5.41) is 11.9. The van der Waals surface area contributed by atoms with Crippen LogP contribution in [0.25, 0.3) is 11.1 Å². The van der Waals surface area contributed by atoms with E-state index in [-0.39, 0.29) is 12.5 Å². The van der Waals surface area contributed by atoms with Crippen LogP contribution in [0.15, 0.2) is 48.5 Å². The van der Waals surface area contributed by atoms with Gasteiger partial charge in [0.15, 0.2) is 0 Å². The van der Waals surface area contributed by atoms with Crippen LogP contribution in [0.4, 0.5) is 4.79 Å². The Balaban J connectivity index is 1.73. The molecule has 1 amide bonds. The zero-order chi connectivity index (χ0) is 19.6. The lowest BCUT2D eigenvalue weighted by atomic mass is 9.98. The fraction of sp³-hybridized carbons (Fsp3) is 0.333. The third-order valence-electron chi connectivity index (χ3n) is 5.07. The molecule has 27 heavy (non-hydrogen) atoms. The minimum absolute atomic E-state index is 0.0556. The highest BCUT2D eigenvalue weighted by atomic mass is 32.2. The number of alkyl carbamates (subject to hydrolysis) is 1. The first-order valence-electron chi connectivity index (χ1n) is 8.74. The van der Waals surface area contributed by atoms with Gasteiger partial charge in [0.2, 0.25) is 0 Å². The molecule has 2 N–H and O–H groups in total. The molecular formula is C21H23NO4S. The highest BCUT2D eigenvalue weighted by molar-refractivity contribution is 8.00. The van der Waals surface area contributed by atoms with Gasteiger partial charge in [0.1, 0.15) is 12.6 Å². The summed E-state index contributed by atoms with van der Waals surface area (Å²) in [7, 11) is 0. The van der Waals surface area contributed by atoms with Gasteiger partial charge >= 0.3 is 12.1 Å². The van der Waals surface area contributed by atoms with E-state index in [0.717, 1.165) is 22.3 Å². The quantitative estimate of drug-likeness (QED) is 0.782. The van der Waals surface area contributed by atoms with E-state index >= 15 is 0 Å². The maximum atomic E-state index is 12.3. The van der Waals surface area contributed by atoms with Crippen LogP contribution in [0, 0.1) is 0 Å². The van der Waals surface area contributed by atoms with Crippen molar-refractivity contribution in [3.8, 4) is 11.1 Å². The van der Waals surface area contributed by atoms with Crippen LogP contribution in [0.1, 0.15) is 30.9 Å². The van der Waals surface area contributed by atoms with Crippen LogP contribution in [0.5, 0.6) is 0 Å². The van der Waals surface area contributed by atoms with Crippen molar-refractivity contribution < 1.29 is 19.4 Å². The van der Waals surface area contributed by atoms with Gasteiger partial charge in [0, 0.05) is 10.7 Å². The molecule has 3 rings (SSSR count). The van der Waals surface area contributed by atoms with E-state index in [1.165, 1.54) is 11.8 Å². The molecule has 0 spiro atoms. The lowest BCUT2D eigenvalue weighted by Crippen LogP contribution is -2.52. The molecule has 0 radical (unpaired) electrons. The summed E-state index contributed by atoms with van der Waals surface area (Å²) in [4.78, 5) is 23.8. The van der Waals surface area contributed by atoms with Crippen molar-refractivity contribution in [1.29, 1.82) is 0 Å². The maximum Gasteiger partial charge on any atom is 0.407 e. The van der Waals surface area contributed by atoms with Crippen molar-refractivity contribution in [2.75, 3.05) is 12.9 Å². The number of thioether (sulfide) groups is 1. The highest BCUT2D eigenvalue weighted by Crippen LogP contribution is 2.44. The lowest BCUT2D eigenvalue weighted by Gasteiger charge is -2.29. The van der Waals surface area contributed by atoms with E-state index < -0.39 is 22.9 Å². The number of carbonyl (C=O) groups excluding carboxylic acids is 1. The summed E-state index contributed by atoms with van der Waals surface area (Å²) in [6, 6.07) is 15.1. The summed E-state index contributed by atoms with van der Waals surface area (Å²) in [5.41, 5.74) is 4.53. The largest absolute Gasteiger partial charge is 0.480 e. The normalized spacial score (nSPS) is 14.2. The molecule has 2 aromatic carbocycles. The van der Waals surface area contributed by atoms with Gasteiger partial charge in [-0.15, -0.1) is 0 Å². The fourth-order valence-corrected chi connectivity index (χ4v) is 3.80. The van der Waals surface area contributed by atoms with Crippen LogP contribution in [-0.2, 0) is 9.53 Å². The minimum atomic E-state index is -1.08. The molecule has 1 unspecified atom stereocenters. The molecule has 0 aromatic heterocycles. The molecule has 1 aliphatic carbocycles. The Kier molecular flexibility index (Phi) is 5.46.